The van der Waals surface area contributed by atoms with Gasteiger partial charge in [0.15, 0.2) is 0 Å². The van der Waals surface area contributed by atoms with Gasteiger partial charge in [0, 0.05) is 15.5 Å². The molecule has 0 aromatic heterocycles. The van der Waals surface area contributed by atoms with Crippen LogP contribution in [-0.4, -0.2) is 16.1 Å². The highest BCUT2D eigenvalue weighted by molar-refractivity contribution is 7.85. The van der Waals surface area contributed by atoms with Gasteiger partial charge in [-0.2, -0.15) is 0 Å². The largest absolute Gasteiger partial charge is 0.492 e. The zero-order valence-electron chi connectivity index (χ0n) is 10.7. The van der Waals surface area contributed by atoms with Crippen LogP contribution < -0.4 is 10.5 Å². The summed E-state index contributed by atoms with van der Waals surface area (Å²) < 4.78 is 18.3. The van der Waals surface area contributed by atoms with E-state index in [0.29, 0.717) is 11.6 Å². The van der Waals surface area contributed by atoms with Crippen LogP contribution in [-0.2, 0) is 10.8 Å². The first-order valence-corrected chi connectivity index (χ1v) is 7.89. The van der Waals surface area contributed by atoms with E-state index in [1.807, 2.05) is 24.3 Å². The summed E-state index contributed by atoms with van der Waals surface area (Å²) in [6, 6.07) is 14.3. The highest BCUT2D eigenvalue weighted by atomic mass is 35.5. The van der Waals surface area contributed by atoms with E-state index in [0.717, 1.165) is 16.2 Å². The summed E-state index contributed by atoms with van der Waals surface area (Å²) in [4.78, 5) is 0.720. The molecule has 0 bridgehead atoms. The molecule has 1 aliphatic heterocycles. The third-order valence-electron chi connectivity index (χ3n) is 3.40. The van der Waals surface area contributed by atoms with Gasteiger partial charge in [-0.25, -0.2) is 0 Å². The molecule has 0 spiro atoms. The maximum Gasteiger partial charge on any atom is 0.124 e. The third kappa shape index (κ3) is 2.46. The Bertz CT molecular complexity index is 645. The third-order valence-corrected chi connectivity index (χ3v) is 5.37. The molecule has 2 aromatic rings. The van der Waals surface area contributed by atoms with Gasteiger partial charge in [0.25, 0.3) is 0 Å². The molecule has 3 atom stereocenters. The summed E-state index contributed by atoms with van der Waals surface area (Å²) >= 11 is 5.85. The Hall–Kier alpha value is -1.36. The fraction of sp³-hybridized carbons (Fsp3) is 0.200. The number of nitrogens with two attached hydrogens (primary N) is 1. The number of para-hydroxylation sites is 1. The Kier molecular flexibility index (Phi) is 3.78. The Morgan fingerprint density at radius 1 is 1.15 bits per heavy atom. The summed E-state index contributed by atoms with van der Waals surface area (Å²) in [7, 11) is -1.22. The van der Waals surface area contributed by atoms with E-state index in [1.54, 1.807) is 24.3 Å². The number of hydrogen-bond acceptors (Lipinski definition) is 3. The van der Waals surface area contributed by atoms with E-state index in [9.17, 15) is 4.21 Å². The SMILES string of the molecule is NC1c2ccccc2OCC1S(=O)c1ccc(Cl)cc1. The number of halogens is 1. The minimum Gasteiger partial charge on any atom is -0.492 e. The Morgan fingerprint density at radius 2 is 1.85 bits per heavy atom. The van der Waals surface area contributed by atoms with Crippen LogP contribution in [0.2, 0.25) is 5.02 Å². The second-order valence-electron chi connectivity index (χ2n) is 4.66. The van der Waals surface area contributed by atoms with Gasteiger partial charge in [0.05, 0.1) is 22.1 Å². The smallest absolute Gasteiger partial charge is 0.124 e. The predicted octanol–water partition coefficient (Wildman–Crippen LogP) is 2.91. The van der Waals surface area contributed by atoms with Crippen LogP contribution in [0.15, 0.2) is 53.4 Å². The van der Waals surface area contributed by atoms with Crippen LogP contribution in [0.3, 0.4) is 0 Å². The standard InChI is InChI=1S/C15H14ClNO2S/c16-10-5-7-11(8-6-10)20(18)14-9-19-13-4-2-1-3-12(13)15(14)17/h1-8,14-15H,9,17H2. The second-order valence-corrected chi connectivity index (χ2v) is 6.77. The molecule has 0 saturated carbocycles. The Morgan fingerprint density at radius 3 is 2.60 bits per heavy atom. The van der Waals surface area contributed by atoms with Gasteiger partial charge < -0.3 is 10.5 Å². The van der Waals surface area contributed by atoms with Crippen LogP contribution in [0, 0.1) is 0 Å². The van der Waals surface area contributed by atoms with Crippen LogP contribution in [0.5, 0.6) is 5.75 Å². The van der Waals surface area contributed by atoms with Crippen LogP contribution in [0.4, 0.5) is 0 Å². The van der Waals surface area contributed by atoms with Gasteiger partial charge in [0.2, 0.25) is 0 Å². The van der Waals surface area contributed by atoms with E-state index >= 15 is 0 Å². The van der Waals surface area contributed by atoms with Crippen molar-refractivity contribution < 1.29 is 8.95 Å². The normalized spacial score (nSPS) is 22.7. The minimum atomic E-state index is -1.22. The molecule has 1 heterocycles. The average Bonchev–Trinajstić information content (AvgIpc) is 2.48. The van der Waals surface area contributed by atoms with Gasteiger partial charge in [-0.05, 0) is 30.3 Å². The fourth-order valence-corrected chi connectivity index (χ4v) is 3.79. The molecule has 3 rings (SSSR count). The van der Waals surface area contributed by atoms with Crippen molar-refractivity contribution in [1.82, 2.24) is 0 Å². The number of hydrogen-bond donors (Lipinski definition) is 1. The van der Waals surface area contributed by atoms with Gasteiger partial charge in [-0.3, -0.25) is 4.21 Å². The lowest BCUT2D eigenvalue weighted by Crippen LogP contribution is -2.39. The molecule has 0 radical (unpaired) electrons. The number of ether oxygens (including phenoxy) is 1. The molecule has 5 heteroatoms. The first-order chi connectivity index (χ1) is 9.66. The molecule has 1 aliphatic rings. The average molecular weight is 308 g/mol. The highest BCUT2D eigenvalue weighted by Crippen LogP contribution is 2.34. The van der Waals surface area contributed by atoms with Crippen molar-refractivity contribution in [3.05, 3.63) is 59.1 Å². The van der Waals surface area contributed by atoms with E-state index in [4.69, 9.17) is 22.1 Å². The summed E-state index contributed by atoms with van der Waals surface area (Å²) in [5.41, 5.74) is 7.17. The fourth-order valence-electron chi connectivity index (χ4n) is 2.30. The number of rotatable bonds is 2. The Labute approximate surface area is 125 Å². The van der Waals surface area contributed by atoms with Crippen molar-refractivity contribution in [1.29, 1.82) is 0 Å². The topological polar surface area (TPSA) is 52.3 Å². The molecule has 0 amide bonds. The second kappa shape index (κ2) is 5.56. The number of fused-ring (bicyclic) bond motifs is 1. The van der Waals surface area contributed by atoms with Crippen LogP contribution >= 0.6 is 11.6 Å². The summed E-state index contributed by atoms with van der Waals surface area (Å²) in [5, 5.41) is 0.367. The van der Waals surface area contributed by atoms with Crippen molar-refractivity contribution >= 4 is 22.4 Å². The Balaban J connectivity index is 1.89. The molecular formula is C15H14ClNO2S. The first kappa shape index (κ1) is 13.6. The zero-order valence-corrected chi connectivity index (χ0v) is 12.2. The van der Waals surface area contributed by atoms with Crippen LogP contribution in [0.1, 0.15) is 11.6 Å². The molecule has 104 valence electrons. The predicted molar refractivity (Wildman–Crippen MR) is 80.5 cm³/mol. The van der Waals surface area contributed by atoms with Crippen molar-refractivity contribution in [3.8, 4) is 5.75 Å². The minimum absolute atomic E-state index is 0.258. The quantitative estimate of drug-likeness (QED) is 0.928. The maximum atomic E-state index is 12.6. The maximum absolute atomic E-state index is 12.6. The van der Waals surface area contributed by atoms with Gasteiger partial charge >= 0.3 is 0 Å². The van der Waals surface area contributed by atoms with Crippen molar-refractivity contribution in [2.24, 2.45) is 5.73 Å². The highest BCUT2D eigenvalue weighted by Gasteiger charge is 2.32. The van der Waals surface area contributed by atoms with Crippen molar-refractivity contribution in [2.45, 2.75) is 16.2 Å². The van der Waals surface area contributed by atoms with Crippen molar-refractivity contribution in [2.75, 3.05) is 6.61 Å². The molecule has 2 N–H and O–H groups in total. The molecule has 3 unspecified atom stereocenters. The molecule has 2 aromatic carbocycles. The molecule has 0 saturated heterocycles. The number of benzene rings is 2. The summed E-state index contributed by atoms with van der Waals surface area (Å²) in [6.45, 7) is 0.355. The van der Waals surface area contributed by atoms with Crippen LogP contribution in [0.25, 0.3) is 0 Å². The molecule has 3 nitrogen and oxygen atoms in total. The van der Waals surface area contributed by atoms with Gasteiger partial charge in [-0.1, -0.05) is 29.8 Å². The van der Waals surface area contributed by atoms with E-state index < -0.39 is 10.8 Å². The lowest BCUT2D eigenvalue weighted by molar-refractivity contribution is 0.273. The zero-order chi connectivity index (χ0) is 14.1. The van der Waals surface area contributed by atoms with E-state index in [-0.39, 0.29) is 11.3 Å². The summed E-state index contributed by atoms with van der Waals surface area (Å²) in [5.74, 6) is 0.782. The summed E-state index contributed by atoms with van der Waals surface area (Å²) in [6.07, 6.45) is 0. The molecular weight excluding hydrogens is 294 g/mol. The monoisotopic (exact) mass is 307 g/mol. The lowest BCUT2D eigenvalue weighted by Gasteiger charge is -2.30. The first-order valence-electron chi connectivity index (χ1n) is 6.30. The van der Waals surface area contributed by atoms with E-state index in [2.05, 4.69) is 0 Å². The van der Waals surface area contributed by atoms with Gasteiger partial charge in [0.1, 0.15) is 12.4 Å². The van der Waals surface area contributed by atoms with Crippen molar-refractivity contribution in [3.63, 3.8) is 0 Å². The van der Waals surface area contributed by atoms with Gasteiger partial charge in [-0.15, -0.1) is 0 Å². The molecule has 0 fully saturated rings. The lowest BCUT2D eigenvalue weighted by atomic mass is 10.0. The molecule has 0 aliphatic carbocycles. The van der Waals surface area contributed by atoms with E-state index in [1.165, 1.54) is 0 Å². The molecule has 20 heavy (non-hydrogen) atoms.